The summed E-state index contributed by atoms with van der Waals surface area (Å²) in [6.07, 6.45) is 0. The molecule has 92 valence electrons. The lowest BCUT2D eigenvalue weighted by Gasteiger charge is -2.10. The fourth-order valence-electron chi connectivity index (χ4n) is 1.02. The maximum atomic E-state index is 11.3. The average molecular weight is 240 g/mol. The second-order valence-corrected chi connectivity index (χ2v) is 3.72. The number of ether oxygens (including phenoxy) is 1. The van der Waals surface area contributed by atoms with Crippen LogP contribution in [-0.4, -0.2) is 27.3 Å². The number of hydrogen-bond donors (Lipinski definition) is 3. The molecule has 17 heavy (non-hydrogen) atoms. The Morgan fingerprint density at radius 2 is 1.82 bits per heavy atom. The van der Waals surface area contributed by atoms with Crippen molar-refractivity contribution in [3.05, 3.63) is 17.7 Å². The van der Waals surface area contributed by atoms with E-state index in [-0.39, 0.29) is 11.3 Å². The van der Waals surface area contributed by atoms with Crippen LogP contribution in [0.3, 0.4) is 0 Å². The first-order chi connectivity index (χ1) is 7.82. The fraction of sp³-hybridized carbons (Fsp3) is 0.273. The summed E-state index contributed by atoms with van der Waals surface area (Å²) in [6.45, 7) is 3.17. The number of hydrogen-bond acceptors (Lipinski definition) is 5. The molecular formula is C11H12O6. The number of phenolic OH excluding ortho intramolecular Hbond substituents is 2. The van der Waals surface area contributed by atoms with Crippen LogP contribution in [-0.2, 0) is 4.79 Å². The molecule has 0 atom stereocenters. The van der Waals surface area contributed by atoms with Gasteiger partial charge in [-0.1, -0.05) is 13.8 Å². The van der Waals surface area contributed by atoms with Crippen LogP contribution in [0, 0.1) is 5.92 Å². The van der Waals surface area contributed by atoms with Crippen molar-refractivity contribution in [2.45, 2.75) is 13.8 Å². The molecular weight excluding hydrogens is 228 g/mol. The largest absolute Gasteiger partial charge is 0.504 e. The number of aromatic hydroxyl groups is 2. The molecule has 0 spiro atoms. The molecule has 6 heteroatoms. The number of benzene rings is 1. The summed E-state index contributed by atoms with van der Waals surface area (Å²) >= 11 is 0. The zero-order valence-corrected chi connectivity index (χ0v) is 9.30. The van der Waals surface area contributed by atoms with Gasteiger partial charge in [-0.15, -0.1) is 0 Å². The number of carboxylic acids is 1. The van der Waals surface area contributed by atoms with E-state index in [4.69, 9.17) is 9.84 Å². The molecule has 1 rings (SSSR count). The van der Waals surface area contributed by atoms with Crippen LogP contribution in [0.2, 0.25) is 0 Å². The molecule has 3 N–H and O–H groups in total. The lowest BCUT2D eigenvalue weighted by Crippen LogP contribution is -2.15. The number of carbonyl (C=O) groups is 2. The molecule has 0 saturated carbocycles. The van der Waals surface area contributed by atoms with Crippen LogP contribution in [0.5, 0.6) is 17.2 Å². The third kappa shape index (κ3) is 2.87. The van der Waals surface area contributed by atoms with Gasteiger partial charge in [0.15, 0.2) is 11.5 Å². The Bertz CT molecular complexity index is 463. The Morgan fingerprint density at radius 3 is 2.29 bits per heavy atom. The fourth-order valence-corrected chi connectivity index (χ4v) is 1.02. The topological polar surface area (TPSA) is 104 Å². The van der Waals surface area contributed by atoms with E-state index in [1.54, 1.807) is 13.8 Å². The zero-order valence-electron chi connectivity index (χ0n) is 9.30. The van der Waals surface area contributed by atoms with Gasteiger partial charge in [0.1, 0.15) is 0 Å². The van der Waals surface area contributed by atoms with Gasteiger partial charge in [-0.25, -0.2) is 4.79 Å². The number of carbonyl (C=O) groups excluding carboxylic acids is 1. The Labute approximate surface area is 97.1 Å². The van der Waals surface area contributed by atoms with E-state index < -0.39 is 29.4 Å². The van der Waals surface area contributed by atoms with Crippen molar-refractivity contribution in [2.24, 2.45) is 5.92 Å². The molecule has 0 fully saturated rings. The number of esters is 1. The van der Waals surface area contributed by atoms with E-state index in [2.05, 4.69) is 0 Å². The highest BCUT2D eigenvalue weighted by atomic mass is 16.5. The van der Waals surface area contributed by atoms with E-state index in [1.165, 1.54) is 0 Å². The summed E-state index contributed by atoms with van der Waals surface area (Å²) in [5.74, 6) is -4.07. The Hall–Kier alpha value is -2.24. The summed E-state index contributed by atoms with van der Waals surface area (Å²) in [5, 5.41) is 27.4. The van der Waals surface area contributed by atoms with Crippen LogP contribution < -0.4 is 4.74 Å². The number of aromatic carboxylic acids is 1. The van der Waals surface area contributed by atoms with E-state index in [1.807, 2.05) is 0 Å². The minimum atomic E-state index is -1.30. The molecule has 0 saturated heterocycles. The number of rotatable bonds is 3. The predicted molar refractivity (Wildman–Crippen MR) is 57.2 cm³/mol. The van der Waals surface area contributed by atoms with Gasteiger partial charge in [0, 0.05) is 0 Å². The van der Waals surface area contributed by atoms with Crippen LogP contribution in [0.15, 0.2) is 12.1 Å². The molecule has 0 amide bonds. The van der Waals surface area contributed by atoms with Crippen molar-refractivity contribution in [3.63, 3.8) is 0 Å². The summed E-state index contributed by atoms with van der Waals surface area (Å²) in [7, 11) is 0. The molecule has 0 aromatic heterocycles. The number of carboxylic acid groups (broad SMARTS) is 1. The van der Waals surface area contributed by atoms with E-state index >= 15 is 0 Å². The molecule has 0 bridgehead atoms. The molecule has 0 heterocycles. The van der Waals surface area contributed by atoms with Crippen LogP contribution >= 0.6 is 0 Å². The van der Waals surface area contributed by atoms with Gasteiger partial charge in [-0.3, -0.25) is 4.79 Å². The van der Waals surface area contributed by atoms with Crippen molar-refractivity contribution in [1.82, 2.24) is 0 Å². The minimum Gasteiger partial charge on any atom is -0.504 e. The normalized spacial score (nSPS) is 10.3. The van der Waals surface area contributed by atoms with Gasteiger partial charge >= 0.3 is 11.9 Å². The smallest absolute Gasteiger partial charge is 0.335 e. The standard InChI is InChI=1S/C11H12O6/c1-5(2)11(16)17-8-4-6(10(14)15)3-7(12)9(8)13/h3-5,12-13H,1-2H3,(H,14,15). The quantitative estimate of drug-likeness (QED) is 0.418. The lowest BCUT2D eigenvalue weighted by atomic mass is 10.2. The Kier molecular flexibility index (Phi) is 3.57. The molecule has 1 aromatic carbocycles. The van der Waals surface area contributed by atoms with Crippen molar-refractivity contribution in [3.8, 4) is 17.2 Å². The first kappa shape index (κ1) is 12.8. The maximum absolute atomic E-state index is 11.3. The molecule has 0 aliphatic carbocycles. The first-order valence-corrected chi connectivity index (χ1v) is 4.84. The SMILES string of the molecule is CC(C)C(=O)Oc1cc(C(=O)O)cc(O)c1O. The van der Waals surface area contributed by atoms with Crippen LogP contribution in [0.1, 0.15) is 24.2 Å². The highest BCUT2D eigenvalue weighted by molar-refractivity contribution is 5.90. The van der Waals surface area contributed by atoms with Crippen LogP contribution in [0.25, 0.3) is 0 Å². The van der Waals surface area contributed by atoms with Crippen molar-refractivity contribution >= 4 is 11.9 Å². The van der Waals surface area contributed by atoms with Gasteiger partial charge in [0.2, 0.25) is 5.75 Å². The monoisotopic (exact) mass is 240 g/mol. The highest BCUT2D eigenvalue weighted by Gasteiger charge is 2.18. The van der Waals surface area contributed by atoms with E-state index in [9.17, 15) is 19.8 Å². The molecule has 0 aliphatic rings. The Balaban J connectivity index is 3.14. The maximum Gasteiger partial charge on any atom is 0.335 e. The molecule has 0 unspecified atom stereocenters. The molecule has 6 nitrogen and oxygen atoms in total. The van der Waals surface area contributed by atoms with Gasteiger partial charge in [0.05, 0.1) is 11.5 Å². The zero-order chi connectivity index (χ0) is 13.2. The van der Waals surface area contributed by atoms with Gasteiger partial charge in [0.25, 0.3) is 0 Å². The van der Waals surface area contributed by atoms with Crippen molar-refractivity contribution in [2.75, 3.05) is 0 Å². The molecule has 0 aliphatic heterocycles. The first-order valence-electron chi connectivity index (χ1n) is 4.84. The van der Waals surface area contributed by atoms with Gasteiger partial charge in [-0.05, 0) is 12.1 Å². The van der Waals surface area contributed by atoms with Crippen molar-refractivity contribution < 1.29 is 29.6 Å². The molecule has 1 aromatic rings. The van der Waals surface area contributed by atoms with Gasteiger partial charge in [-0.2, -0.15) is 0 Å². The summed E-state index contributed by atoms with van der Waals surface area (Å²) < 4.78 is 4.77. The summed E-state index contributed by atoms with van der Waals surface area (Å²) in [4.78, 5) is 22.0. The lowest BCUT2D eigenvalue weighted by molar-refractivity contribution is -0.137. The van der Waals surface area contributed by atoms with E-state index in [0.717, 1.165) is 12.1 Å². The minimum absolute atomic E-state index is 0.285. The second-order valence-electron chi connectivity index (χ2n) is 3.72. The predicted octanol–water partition coefficient (Wildman–Crippen LogP) is 1.36. The number of phenols is 2. The van der Waals surface area contributed by atoms with Gasteiger partial charge < -0.3 is 20.1 Å². The highest BCUT2D eigenvalue weighted by Crippen LogP contribution is 2.36. The Morgan fingerprint density at radius 1 is 1.24 bits per heavy atom. The second kappa shape index (κ2) is 4.73. The van der Waals surface area contributed by atoms with Crippen LogP contribution in [0.4, 0.5) is 0 Å². The van der Waals surface area contributed by atoms with Crippen molar-refractivity contribution in [1.29, 1.82) is 0 Å². The summed E-state index contributed by atoms with van der Waals surface area (Å²) in [5.41, 5.74) is -0.285. The summed E-state index contributed by atoms with van der Waals surface area (Å²) in [6, 6.07) is 1.84. The third-order valence-corrected chi connectivity index (χ3v) is 1.98. The average Bonchev–Trinajstić information content (AvgIpc) is 2.23. The molecule has 0 radical (unpaired) electrons. The van der Waals surface area contributed by atoms with E-state index in [0.29, 0.717) is 0 Å². The third-order valence-electron chi connectivity index (χ3n) is 1.98.